The maximum absolute atomic E-state index is 9.66. The van der Waals surface area contributed by atoms with Crippen molar-refractivity contribution in [2.24, 2.45) is 0 Å². The van der Waals surface area contributed by atoms with Crippen molar-refractivity contribution in [3.8, 4) is 11.5 Å². The van der Waals surface area contributed by atoms with Crippen LogP contribution in [0.5, 0.6) is 11.5 Å². The molecule has 1 atom stereocenters. The standard InChI is InChI=1S/C20H25NO2.ClH/c1-21(11-10-15-4-2-7-18(22)12-15)14-17-6-3-5-16-13-19(23)8-9-20(16)17;/h2,4,7-9,12-13,17,22-23H,3,5-6,10-11,14H2,1H3;1H. The van der Waals surface area contributed by atoms with Gasteiger partial charge >= 0.3 is 0 Å². The first kappa shape index (κ1) is 18.6. The summed E-state index contributed by atoms with van der Waals surface area (Å²) in [6.45, 7) is 2.02. The lowest BCUT2D eigenvalue weighted by atomic mass is 9.82. The van der Waals surface area contributed by atoms with Gasteiger partial charge < -0.3 is 15.1 Å². The molecule has 0 spiro atoms. The van der Waals surface area contributed by atoms with Gasteiger partial charge in [-0.15, -0.1) is 12.4 Å². The number of phenolic OH excluding ortho intramolecular Hbond substituents is 2. The second kappa shape index (κ2) is 8.41. The summed E-state index contributed by atoms with van der Waals surface area (Å²) in [6, 6.07) is 13.3. The van der Waals surface area contributed by atoms with Crippen LogP contribution in [-0.2, 0) is 12.8 Å². The quantitative estimate of drug-likeness (QED) is 0.855. The topological polar surface area (TPSA) is 43.7 Å². The molecular formula is C20H26ClNO2. The smallest absolute Gasteiger partial charge is 0.115 e. The van der Waals surface area contributed by atoms with E-state index in [0.29, 0.717) is 17.4 Å². The van der Waals surface area contributed by atoms with Crippen LogP contribution < -0.4 is 0 Å². The van der Waals surface area contributed by atoms with Gasteiger partial charge in [-0.1, -0.05) is 18.2 Å². The summed E-state index contributed by atoms with van der Waals surface area (Å²) in [5.41, 5.74) is 3.88. The number of rotatable bonds is 5. The van der Waals surface area contributed by atoms with Crippen LogP contribution in [0.2, 0.25) is 0 Å². The molecule has 0 saturated carbocycles. The molecule has 0 bridgehead atoms. The molecule has 2 aromatic carbocycles. The van der Waals surface area contributed by atoms with Gasteiger partial charge in [0.15, 0.2) is 0 Å². The van der Waals surface area contributed by atoms with E-state index < -0.39 is 0 Å². The second-order valence-corrected chi connectivity index (χ2v) is 6.65. The molecule has 0 aliphatic heterocycles. The molecule has 1 aliphatic rings. The summed E-state index contributed by atoms with van der Waals surface area (Å²) in [4.78, 5) is 2.37. The third kappa shape index (κ3) is 4.65. The molecule has 130 valence electrons. The molecule has 0 radical (unpaired) electrons. The van der Waals surface area contributed by atoms with Crippen molar-refractivity contribution in [3.63, 3.8) is 0 Å². The van der Waals surface area contributed by atoms with Gasteiger partial charge in [0.2, 0.25) is 0 Å². The number of aryl methyl sites for hydroxylation is 1. The van der Waals surface area contributed by atoms with Crippen molar-refractivity contribution in [3.05, 3.63) is 59.2 Å². The Morgan fingerprint density at radius 2 is 1.88 bits per heavy atom. The molecule has 4 heteroatoms. The summed E-state index contributed by atoms with van der Waals surface area (Å²) in [5.74, 6) is 1.27. The van der Waals surface area contributed by atoms with E-state index in [1.54, 1.807) is 6.07 Å². The zero-order valence-electron chi connectivity index (χ0n) is 14.1. The average Bonchev–Trinajstić information content (AvgIpc) is 2.53. The Morgan fingerprint density at radius 3 is 2.67 bits per heavy atom. The summed E-state index contributed by atoms with van der Waals surface area (Å²) in [6.07, 6.45) is 4.43. The van der Waals surface area contributed by atoms with Crippen LogP contribution in [-0.4, -0.2) is 35.3 Å². The van der Waals surface area contributed by atoms with Crippen LogP contribution in [0.1, 0.15) is 35.4 Å². The normalized spacial score (nSPS) is 16.5. The van der Waals surface area contributed by atoms with E-state index in [9.17, 15) is 10.2 Å². The van der Waals surface area contributed by atoms with Crippen molar-refractivity contribution in [1.82, 2.24) is 4.90 Å². The van der Waals surface area contributed by atoms with Crippen LogP contribution >= 0.6 is 12.4 Å². The van der Waals surface area contributed by atoms with E-state index in [4.69, 9.17) is 0 Å². The number of nitrogens with zero attached hydrogens (tertiary/aromatic N) is 1. The van der Waals surface area contributed by atoms with Gasteiger partial charge in [0.05, 0.1) is 0 Å². The number of phenols is 2. The van der Waals surface area contributed by atoms with Crippen LogP contribution in [0, 0.1) is 0 Å². The predicted octanol–water partition coefficient (Wildman–Crippen LogP) is 4.11. The number of hydrogen-bond donors (Lipinski definition) is 2. The van der Waals surface area contributed by atoms with Crippen LogP contribution in [0.3, 0.4) is 0 Å². The first-order valence-electron chi connectivity index (χ1n) is 8.40. The van der Waals surface area contributed by atoms with E-state index >= 15 is 0 Å². The van der Waals surface area contributed by atoms with Crippen molar-refractivity contribution >= 4 is 12.4 Å². The Hall–Kier alpha value is -1.71. The zero-order valence-corrected chi connectivity index (χ0v) is 14.9. The van der Waals surface area contributed by atoms with Crippen LogP contribution in [0.15, 0.2) is 42.5 Å². The molecule has 1 unspecified atom stereocenters. The minimum Gasteiger partial charge on any atom is -0.508 e. The van der Waals surface area contributed by atoms with E-state index in [1.807, 2.05) is 24.3 Å². The lowest BCUT2D eigenvalue weighted by Crippen LogP contribution is -2.28. The van der Waals surface area contributed by atoms with Crippen molar-refractivity contribution in [2.45, 2.75) is 31.6 Å². The maximum Gasteiger partial charge on any atom is 0.115 e. The number of aromatic hydroxyl groups is 2. The van der Waals surface area contributed by atoms with Crippen molar-refractivity contribution in [2.75, 3.05) is 20.1 Å². The average molecular weight is 348 g/mol. The second-order valence-electron chi connectivity index (χ2n) is 6.65. The summed E-state index contributed by atoms with van der Waals surface area (Å²) < 4.78 is 0. The molecular weight excluding hydrogens is 322 g/mol. The Balaban J connectivity index is 0.00000208. The molecule has 2 N–H and O–H groups in total. The van der Waals surface area contributed by atoms with Crippen molar-refractivity contribution in [1.29, 1.82) is 0 Å². The van der Waals surface area contributed by atoms with Gasteiger partial charge in [-0.05, 0) is 79.6 Å². The molecule has 24 heavy (non-hydrogen) atoms. The van der Waals surface area contributed by atoms with Gasteiger partial charge in [-0.3, -0.25) is 0 Å². The third-order valence-electron chi connectivity index (χ3n) is 4.79. The van der Waals surface area contributed by atoms with Gasteiger partial charge in [-0.25, -0.2) is 0 Å². The fraction of sp³-hybridized carbons (Fsp3) is 0.400. The minimum absolute atomic E-state index is 0. The fourth-order valence-corrected chi connectivity index (χ4v) is 3.59. The van der Waals surface area contributed by atoms with E-state index in [-0.39, 0.29) is 12.4 Å². The molecule has 0 saturated heterocycles. The highest BCUT2D eigenvalue weighted by Gasteiger charge is 2.21. The molecule has 3 nitrogen and oxygen atoms in total. The van der Waals surface area contributed by atoms with Gasteiger partial charge in [-0.2, -0.15) is 0 Å². The number of hydrogen-bond acceptors (Lipinski definition) is 3. The third-order valence-corrected chi connectivity index (χ3v) is 4.79. The maximum atomic E-state index is 9.66. The highest BCUT2D eigenvalue weighted by atomic mass is 35.5. The van der Waals surface area contributed by atoms with E-state index in [2.05, 4.69) is 24.1 Å². The Labute approximate surface area is 150 Å². The monoisotopic (exact) mass is 347 g/mol. The molecule has 0 fully saturated rings. The highest BCUT2D eigenvalue weighted by Crippen LogP contribution is 2.33. The lowest BCUT2D eigenvalue weighted by molar-refractivity contribution is 0.300. The molecule has 0 amide bonds. The fourth-order valence-electron chi connectivity index (χ4n) is 3.59. The lowest BCUT2D eigenvalue weighted by Gasteiger charge is -2.29. The van der Waals surface area contributed by atoms with Crippen molar-refractivity contribution < 1.29 is 10.2 Å². The number of benzene rings is 2. The summed E-state index contributed by atoms with van der Waals surface area (Å²) in [5, 5.41) is 19.2. The van der Waals surface area contributed by atoms with Crippen LogP contribution in [0.25, 0.3) is 0 Å². The minimum atomic E-state index is 0. The van der Waals surface area contributed by atoms with Crippen LogP contribution in [0.4, 0.5) is 0 Å². The van der Waals surface area contributed by atoms with Gasteiger partial charge in [0.25, 0.3) is 0 Å². The first-order chi connectivity index (χ1) is 11.1. The highest BCUT2D eigenvalue weighted by molar-refractivity contribution is 5.85. The molecule has 0 aromatic heterocycles. The largest absolute Gasteiger partial charge is 0.508 e. The summed E-state index contributed by atoms with van der Waals surface area (Å²) >= 11 is 0. The molecule has 3 rings (SSSR count). The Bertz CT molecular complexity index is 674. The Morgan fingerprint density at radius 1 is 1.08 bits per heavy atom. The Kier molecular flexibility index (Phi) is 6.52. The number of likely N-dealkylation sites (N-methyl/N-ethyl adjacent to an activating group) is 1. The van der Waals surface area contributed by atoms with Gasteiger partial charge in [0, 0.05) is 13.1 Å². The number of halogens is 1. The van der Waals surface area contributed by atoms with Gasteiger partial charge in [0.1, 0.15) is 11.5 Å². The molecule has 2 aromatic rings. The number of fused-ring (bicyclic) bond motifs is 1. The summed E-state index contributed by atoms with van der Waals surface area (Å²) in [7, 11) is 2.16. The zero-order chi connectivity index (χ0) is 16.2. The first-order valence-corrected chi connectivity index (χ1v) is 8.40. The predicted molar refractivity (Wildman–Crippen MR) is 100 cm³/mol. The molecule has 0 heterocycles. The molecule has 1 aliphatic carbocycles. The van der Waals surface area contributed by atoms with E-state index in [0.717, 1.165) is 25.9 Å². The SMILES string of the molecule is CN(CCc1cccc(O)c1)CC1CCCc2cc(O)ccc21.Cl. The van der Waals surface area contributed by atoms with E-state index in [1.165, 1.54) is 29.5 Å².